The van der Waals surface area contributed by atoms with Crippen LogP contribution in [0.5, 0.6) is 0 Å². The van der Waals surface area contributed by atoms with Gasteiger partial charge in [-0.15, -0.1) is 0 Å². The molecule has 0 amide bonds. The molecular weight excluding hydrogens is 302 g/mol. The zero-order chi connectivity index (χ0) is 12.3. The molecule has 0 heterocycles. The maximum Gasteiger partial charge on any atom is 0.339 e. The Bertz CT molecular complexity index is 411. The van der Waals surface area contributed by atoms with Crippen LogP contribution in [0.2, 0.25) is 5.02 Å². The summed E-state index contributed by atoms with van der Waals surface area (Å²) in [7, 11) is 0. The summed E-state index contributed by atoms with van der Waals surface area (Å²) in [6, 6.07) is 2.77. The quantitative estimate of drug-likeness (QED) is 0.690. The number of carbonyl (C=O) groups excluding carboxylic acids is 1. The van der Waals surface area contributed by atoms with Crippen LogP contribution in [0.25, 0.3) is 0 Å². The first-order valence-corrected chi connectivity index (χ1v) is 5.64. The number of aliphatic hydroxyl groups excluding tert-OH is 1. The summed E-state index contributed by atoms with van der Waals surface area (Å²) in [6.07, 6.45) is -1.69. The molecule has 0 saturated carbocycles. The second kappa shape index (κ2) is 5.61. The van der Waals surface area contributed by atoms with E-state index in [1.165, 1.54) is 12.1 Å². The van der Waals surface area contributed by atoms with Gasteiger partial charge >= 0.3 is 5.97 Å². The number of esters is 1. The number of rotatable bonds is 3. The minimum absolute atomic E-state index is 0.107. The van der Waals surface area contributed by atoms with Crippen LogP contribution in [-0.4, -0.2) is 17.7 Å². The molecule has 1 rings (SSSR count). The molecule has 0 aliphatic rings. The standard InChI is InChI=1S/C10H9BrClFO3/c1-2-16-10(15)9(14)7-5(11)3-4-6(12)8(7)13/h3-4,9,14H,2H2,1H3. The van der Waals surface area contributed by atoms with Crippen molar-refractivity contribution < 1.29 is 19.0 Å². The lowest BCUT2D eigenvalue weighted by molar-refractivity contribution is -0.153. The van der Waals surface area contributed by atoms with Gasteiger partial charge in [-0.3, -0.25) is 0 Å². The molecular formula is C10H9BrClFO3. The van der Waals surface area contributed by atoms with Crippen molar-refractivity contribution in [2.24, 2.45) is 0 Å². The Balaban J connectivity index is 3.12. The highest BCUT2D eigenvalue weighted by atomic mass is 79.9. The Kier molecular flexibility index (Phi) is 4.70. The summed E-state index contributed by atoms with van der Waals surface area (Å²) in [5.41, 5.74) is -0.217. The van der Waals surface area contributed by atoms with Gasteiger partial charge in [0.05, 0.1) is 11.6 Å². The summed E-state index contributed by atoms with van der Waals surface area (Å²) in [5.74, 6) is -1.75. The Hall–Kier alpha value is -0.650. The lowest BCUT2D eigenvalue weighted by Crippen LogP contribution is -2.17. The van der Waals surface area contributed by atoms with E-state index in [2.05, 4.69) is 20.7 Å². The minimum atomic E-state index is -1.69. The zero-order valence-corrected chi connectivity index (χ0v) is 10.7. The van der Waals surface area contributed by atoms with E-state index in [0.29, 0.717) is 0 Å². The van der Waals surface area contributed by atoms with Gasteiger partial charge in [0.1, 0.15) is 5.82 Å². The van der Waals surface area contributed by atoms with E-state index in [9.17, 15) is 14.3 Å². The van der Waals surface area contributed by atoms with E-state index in [0.717, 1.165) is 0 Å². The molecule has 88 valence electrons. The van der Waals surface area contributed by atoms with Gasteiger partial charge < -0.3 is 9.84 Å². The molecule has 0 aliphatic carbocycles. The second-order valence-electron chi connectivity index (χ2n) is 2.91. The molecule has 6 heteroatoms. The van der Waals surface area contributed by atoms with Crippen molar-refractivity contribution in [3.8, 4) is 0 Å². The highest BCUT2D eigenvalue weighted by Crippen LogP contribution is 2.31. The fourth-order valence-corrected chi connectivity index (χ4v) is 1.82. The normalized spacial score (nSPS) is 12.3. The van der Waals surface area contributed by atoms with E-state index in [1.54, 1.807) is 6.92 Å². The highest BCUT2D eigenvalue weighted by Gasteiger charge is 2.26. The number of ether oxygens (including phenoxy) is 1. The fourth-order valence-electron chi connectivity index (χ4n) is 1.13. The van der Waals surface area contributed by atoms with Gasteiger partial charge in [0, 0.05) is 10.0 Å². The van der Waals surface area contributed by atoms with Gasteiger partial charge in [0.25, 0.3) is 0 Å². The minimum Gasteiger partial charge on any atom is -0.464 e. The lowest BCUT2D eigenvalue weighted by atomic mass is 10.1. The predicted molar refractivity (Wildman–Crippen MR) is 60.7 cm³/mol. The first-order chi connectivity index (χ1) is 7.49. The molecule has 0 radical (unpaired) electrons. The van der Waals surface area contributed by atoms with Crippen molar-refractivity contribution in [1.82, 2.24) is 0 Å². The number of halogens is 3. The molecule has 0 bridgehead atoms. The van der Waals surface area contributed by atoms with Gasteiger partial charge in [0.2, 0.25) is 0 Å². The molecule has 1 atom stereocenters. The van der Waals surface area contributed by atoms with Crippen molar-refractivity contribution in [2.75, 3.05) is 6.61 Å². The van der Waals surface area contributed by atoms with Crippen molar-refractivity contribution in [3.05, 3.63) is 33.0 Å². The zero-order valence-electron chi connectivity index (χ0n) is 8.34. The van der Waals surface area contributed by atoms with Gasteiger partial charge in [-0.25, -0.2) is 9.18 Å². The number of carbonyl (C=O) groups is 1. The number of aliphatic hydroxyl groups is 1. The molecule has 0 saturated heterocycles. The largest absolute Gasteiger partial charge is 0.464 e. The van der Waals surface area contributed by atoms with Crippen LogP contribution in [0.4, 0.5) is 4.39 Å². The van der Waals surface area contributed by atoms with E-state index in [-0.39, 0.29) is 21.7 Å². The average molecular weight is 312 g/mol. The van der Waals surface area contributed by atoms with Crippen LogP contribution in [0, 0.1) is 5.82 Å². The molecule has 0 aromatic heterocycles. The Labute approximate surface area is 105 Å². The van der Waals surface area contributed by atoms with Gasteiger partial charge in [-0.05, 0) is 19.1 Å². The second-order valence-corrected chi connectivity index (χ2v) is 4.17. The Morgan fingerprint density at radius 3 is 2.88 bits per heavy atom. The van der Waals surface area contributed by atoms with Crippen LogP contribution in [0.3, 0.4) is 0 Å². The van der Waals surface area contributed by atoms with Crippen molar-refractivity contribution in [1.29, 1.82) is 0 Å². The molecule has 3 nitrogen and oxygen atoms in total. The van der Waals surface area contributed by atoms with Gasteiger partial charge in [-0.1, -0.05) is 27.5 Å². The summed E-state index contributed by atoms with van der Waals surface area (Å²) in [6.45, 7) is 1.70. The summed E-state index contributed by atoms with van der Waals surface area (Å²) in [4.78, 5) is 11.3. The fraction of sp³-hybridized carbons (Fsp3) is 0.300. The van der Waals surface area contributed by atoms with E-state index >= 15 is 0 Å². The molecule has 1 aromatic carbocycles. The average Bonchev–Trinajstić information content (AvgIpc) is 2.24. The van der Waals surface area contributed by atoms with E-state index < -0.39 is 17.9 Å². The SMILES string of the molecule is CCOC(=O)C(O)c1c(Br)ccc(Cl)c1F. The van der Waals surface area contributed by atoms with Crippen LogP contribution >= 0.6 is 27.5 Å². The van der Waals surface area contributed by atoms with Gasteiger partial charge in [0.15, 0.2) is 6.10 Å². The van der Waals surface area contributed by atoms with Crippen LogP contribution in [-0.2, 0) is 9.53 Å². The molecule has 16 heavy (non-hydrogen) atoms. The first kappa shape index (κ1) is 13.4. The van der Waals surface area contributed by atoms with Gasteiger partial charge in [-0.2, -0.15) is 0 Å². The summed E-state index contributed by atoms with van der Waals surface area (Å²) in [5, 5.41) is 9.44. The van der Waals surface area contributed by atoms with Crippen molar-refractivity contribution >= 4 is 33.5 Å². The van der Waals surface area contributed by atoms with Crippen molar-refractivity contribution in [2.45, 2.75) is 13.0 Å². The maximum atomic E-state index is 13.6. The number of hydrogen-bond donors (Lipinski definition) is 1. The number of hydrogen-bond acceptors (Lipinski definition) is 3. The Morgan fingerprint density at radius 2 is 2.31 bits per heavy atom. The maximum absolute atomic E-state index is 13.6. The smallest absolute Gasteiger partial charge is 0.339 e. The molecule has 1 aromatic rings. The third-order valence-corrected chi connectivity index (χ3v) is 2.85. The van der Waals surface area contributed by atoms with E-state index in [4.69, 9.17) is 11.6 Å². The number of benzene rings is 1. The molecule has 0 fully saturated rings. The lowest BCUT2D eigenvalue weighted by Gasteiger charge is -2.13. The molecule has 0 spiro atoms. The Morgan fingerprint density at radius 1 is 1.69 bits per heavy atom. The third-order valence-electron chi connectivity index (χ3n) is 1.86. The first-order valence-electron chi connectivity index (χ1n) is 4.47. The molecule has 0 aliphatic heterocycles. The summed E-state index contributed by atoms with van der Waals surface area (Å²) >= 11 is 8.59. The van der Waals surface area contributed by atoms with Crippen LogP contribution in [0.1, 0.15) is 18.6 Å². The van der Waals surface area contributed by atoms with Crippen LogP contribution in [0.15, 0.2) is 16.6 Å². The molecule has 1 unspecified atom stereocenters. The highest BCUT2D eigenvalue weighted by molar-refractivity contribution is 9.10. The summed E-state index contributed by atoms with van der Waals surface area (Å²) < 4.78 is 18.4. The molecule has 1 N–H and O–H groups in total. The van der Waals surface area contributed by atoms with E-state index in [1.807, 2.05) is 0 Å². The monoisotopic (exact) mass is 310 g/mol. The topological polar surface area (TPSA) is 46.5 Å². The van der Waals surface area contributed by atoms with Crippen molar-refractivity contribution in [3.63, 3.8) is 0 Å². The third kappa shape index (κ3) is 2.72. The van der Waals surface area contributed by atoms with Crippen LogP contribution < -0.4 is 0 Å². The predicted octanol–water partition coefficient (Wildman–Crippen LogP) is 2.84.